The molecule has 0 aromatic heterocycles. The fourth-order valence-electron chi connectivity index (χ4n) is 1.44. The van der Waals surface area contributed by atoms with Crippen molar-refractivity contribution in [3.63, 3.8) is 0 Å². The van der Waals surface area contributed by atoms with Gasteiger partial charge in [-0.3, -0.25) is 0 Å². The van der Waals surface area contributed by atoms with Crippen LogP contribution in [0.4, 0.5) is 0 Å². The van der Waals surface area contributed by atoms with Gasteiger partial charge < -0.3 is 4.48 Å². The first kappa shape index (κ1) is 13.3. The van der Waals surface area contributed by atoms with Gasteiger partial charge in [0.2, 0.25) is 0 Å². The second-order valence-corrected chi connectivity index (χ2v) is 4.40. The van der Waals surface area contributed by atoms with E-state index in [1.807, 2.05) is 0 Å². The topological polar surface area (TPSA) is 48.8 Å². The molecule has 0 rings (SSSR count). The van der Waals surface area contributed by atoms with E-state index in [-0.39, 0.29) is 0 Å². The van der Waals surface area contributed by atoms with E-state index in [1.165, 1.54) is 32.2 Å². The first-order valence-electron chi connectivity index (χ1n) is 5.45. The quantitative estimate of drug-likeness (QED) is 0.190. The third-order valence-electron chi connectivity index (χ3n) is 2.49. The van der Waals surface area contributed by atoms with Crippen LogP contribution in [0.5, 0.6) is 0 Å². The minimum Gasteiger partial charge on any atom is -0.328 e. The van der Waals surface area contributed by atoms with Crippen LogP contribution in [-0.4, -0.2) is 38.2 Å². The molecule has 0 N–H and O–H groups in total. The van der Waals surface area contributed by atoms with Gasteiger partial charge in [0.25, 0.3) is 0 Å². The van der Waals surface area contributed by atoms with Gasteiger partial charge >= 0.3 is 0 Å². The van der Waals surface area contributed by atoms with E-state index in [0.717, 1.165) is 11.0 Å². The molecule has 0 radical (unpaired) electrons. The second kappa shape index (κ2) is 7.65. The highest BCUT2D eigenvalue weighted by Crippen LogP contribution is 2.05. The summed E-state index contributed by atoms with van der Waals surface area (Å²) in [5.74, 6) is 0. The minimum absolute atomic E-state index is 0.608. The average Bonchev–Trinajstić information content (AvgIpc) is 2.13. The average molecular weight is 199 g/mol. The molecule has 0 saturated carbocycles. The molecule has 0 spiro atoms. The van der Waals surface area contributed by atoms with Gasteiger partial charge in [-0.05, 0) is 18.4 Å². The second-order valence-electron chi connectivity index (χ2n) is 4.40. The molecule has 0 aliphatic carbocycles. The number of hydrogen-bond acceptors (Lipinski definition) is 1. The number of likely N-dealkylation sites (N-methyl/N-ethyl adjacent to an activating group) is 1. The van der Waals surface area contributed by atoms with E-state index < -0.39 is 0 Å². The smallest absolute Gasteiger partial charge is 0.0839 e. The number of quaternary nitrogens is 1. The number of unbranched alkanes of at least 4 members (excludes halogenated alkanes) is 3. The molecule has 0 heterocycles. The summed E-state index contributed by atoms with van der Waals surface area (Å²) in [5.41, 5.74) is 8.16. The summed E-state index contributed by atoms with van der Waals surface area (Å²) in [6.07, 6.45) is 5.21. The van der Waals surface area contributed by atoms with Gasteiger partial charge in [-0.2, -0.15) is 0 Å². The highest BCUT2D eigenvalue weighted by atomic mass is 15.3. The Bertz CT molecular complexity index is 183. The lowest BCUT2D eigenvalue weighted by Crippen LogP contribution is -2.42. The zero-order valence-corrected chi connectivity index (χ0v) is 9.74. The Labute approximate surface area is 87.1 Å². The summed E-state index contributed by atoms with van der Waals surface area (Å²) in [5, 5.41) is 3.57. The molecule has 82 valence electrons. The Hall–Kier alpha value is -0.730. The number of nitrogens with zero attached hydrogens (tertiary/aromatic N) is 4. The zero-order chi connectivity index (χ0) is 10.9. The van der Waals surface area contributed by atoms with Crippen molar-refractivity contribution in [1.29, 1.82) is 0 Å². The predicted molar refractivity (Wildman–Crippen MR) is 60.0 cm³/mol. The van der Waals surface area contributed by atoms with E-state index in [0.29, 0.717) is 6.54 Å². The van der Waals surface area contributed by atoms with Gasteiger partial charge in [-0.15, -0.1) is 0 Å². The van der Waals surface area contributed by atoms with E-state index in [9.17, 15) is 0 Å². The molecular formula is C10H23N4+. The van der Waals surface area contributed by atoms with Gasteiger partial charge in [0.05, 0.1) is 33.7 Å². The van der Waals surface area contributed by atoms with Crippen molar-refractivity contribution in [2.24, 2.45) is 5.11 Å². The highest BCUT2D eigenvalue weighted by molar-refractivity contribution is 4.46. The van der Waals surface area contributed by atoms with Crippen LogP contribution in [0.2, 0.25) is 0 Å². The Kier molecular flexibility index (Phi) is 7.25. The van der Waals surface area contributed by atoms with E-state index in [2.05, 4.69) is 31.0 Å². The summed E-state index contributed by atoms with van der Waals surface area (Å²) in [4.78, 5) is 2.76. The first-order chi connectivity index (χ1) is 6.62. The number of hydrogen-bond donors (Lipinski definition) is 0. The molecule has 0 atom stereocenters. The van der Waals surface area contributed by atoms with Crippen molar-refractivity contribution in [2.75, 3.05) is 33.7 Å². The molecule has 0 aliphatic heterocycles. The minimum atomic E-state index is 0.608. The van der Waals surface area contributed by atoms with Crippen molar-refractivity contribution in [3.05, 3.63) is 10.4 Å². The Morgan fingerprint density at radius 2 is 1.86 bits per heavy atom. The van der Waals surface area contributed by atoms with E-state index in [4.69, 9.17) is 5.53 Å². The third kappa shape index (κ3) is 7.90. The van der Waals surface area contributed by atoms with Gasteiger partial charge in [-0.25, -0.2) is 0 Å². The molecule has 14 heavy (non-hydrogen) atoms. The molecule has 0 unspecified atom stereocenters. The molecule has 0 saturated heterocycles. The standard InChI is InChI=1S/C10H23N4/c1-4-5-6-7-9-14(2,3)10-8-12-13-11/h4-10H2,1-3H3/q+1. The zero-order valence-electron chi connectivity index (χ0n) is 9.74. The van der Waals surface area contributed by atoms with Crippen LogP contribution in [-0.2, 0) is 0 Å². The van der Waals surface area contributed by atoms with Gasteiger partial charge in [0.1, 0.15) is 0 Å². The largest absolute Gasteiger partial charge is 0.328 e. The van der Waals surface area contributed by atoms with Gasteiger partial charge in [0.15, 0.2) is 0 Å². The Balaban J connectivity index is 3.55. The monoisotopic (exact) mass is 199 g/mol. The summed E-state index contributed by atoms with van der Waals surface area (Å²) in [7, 11) is 4.39. The van der Waals surface area contributed by atoms with Crippen molar-refractivity contribution >= 4 is 0 Å². The molecule has 0 amide bonds. The third-order valence-corrected chi connectivity index (χ3v) is 2.49. The van der Waals surface area contributed by atoms with Crippen LogP contribution in [0.1, 0.15) is 32.6 Å². The van der Waals surface area contributed by atoms with Crippen molar-refractivity contribution < 1.29 is 4.48 Å². The van der Waals surface area contributed by atoms with E-state index in [1.54, 1.807) is 0 Å². The van der Waals surface area contributed by atoms with Crippen molar-refractivity contribution in [1.82, 2.24) is 0 Å². The molecule has 0 bridgehead atoms. The van der Waals surface area contributed by atoms with Crippen LogP contribution < -0.4 is 0 Å². The molecule has 0 aliphatic rings. The fourth-order valence-corrected chi connectivity index (χ4v) is 1.44. The highest BCUT2D eigenvalue weighted by Gasteiger charge is 2.12. The maximum absolute atomic E-state index is 8.16. The van der Waals surface area contributed by atoms with Gasteiger partial charge in [0, 0.05) is 4.91 Å². The maximum atomic E-state index is 8.16. The molecule has 0 fully saturated rings. The Morgan fingerprint density at radius 3 is 2.43 bits per heavy atom. The first-order valence-corrected chi connectivity index (χ1v) is 5.45. The predicted octanol–water partition coefficient (Wildman–Crippen LogP) is 2.95. The van der Waals surface area contributed by atoms with Gasteiger partial charge in [-0.1, -0.05) is 24.9 Å². The summed E-state index contributed by atoms with van der Waals surface area (Å²) >= 11 is 0. The maximum Gasteiger partial charge on any atom is 0.0839 e. The van der Waals surface area contributed by atoms with Crippen molar-refractivity contribution in [3.8, 4) is 0 Å². The molecular weight excluding hydrogens is 176 g/mol. The molecule has 4 nitrogen and oxygen atoms in total. The fraction of sp³-hybridized carbons (Fsp3) is 1.00. The summed E-state index contributed by atoms with van der Waals surface area (Å²) < 4.78 is 0.961. The van der Waals surface area contributed by atoms with Crippen molar-refractivity contribution in [2.45, 2.75) is 32.6 Å². The SMILES string of the molecule is CCCCCC[N+](C)(C)CCN=[N+]=[N-]. The molecule has 4 heteroatoms. The normalized spacial score (nSPS) is 11.1. The van der Waals surface area contributed by atoms with Crippen LogP contribution >= 0.6 is 0 Å². The summed E-state index contributed by atoms with van der Waals surface area (Å²) in [6, 6.07) is 0. The lowest BCUT2D eigenvalue weighted by Gasteiger charge is -2.29. The molecule has 0 aromatic carbocycles. The number of azide groups is 1. The lowest BCUT2D eigenvalue weighted by molar-refractivity contribution is -0.889. The van der Waals surface area contributed by atoms with E-state index >= 15 is 0 Å². The van der Waals surface area contributed by atoms with Crippen LogP contribution in [0, 0.1) is 0 Å². The molecule has 0 aromatic rings. The summed E-state index contributed by atoms with van der Waals surface area (Å²) in [6.45, 7) is 4.95. The van der Waals surface area contributed by atoms with Crippen LogP contribution in [0.15, 0.2) is 5.11 Å². The lowest BCUT2D eigenvalue weighted by atomic mass is 10.2. The Morgan fingerprint density at radius 1 is 1.14 bits per heavy atom. The van der Waals surface area contributed by atoms with Crippen LogP contribution in [0.3, 0.4) is 0 Å². The number of rotatable bonds is 8. The van der Waals surface area contributed by atoms with Crippen LogP contribution in [0.25, 0.3) is 10.4 Å².